The van der Waals surface area contributed by atoms with Gasteiger partial charge in [0.1, 0.15) is 11.7 Å². The summed E-state index contributed by atoms with van der Waals surface area (Å²) in [5, 5.41) is 20.0. The number of allylic oxidation sites excluding steroid dienone is 1. The van der Waals surface area contributed by atoms with Crippen LogP contribution < -0.4 is 0 Å². The third-order valence-electron chi connectivity index (χ3n) is 2.92. The fourth-order valence-corrected chi connectivity index (χ4v) is 1.92. The van der Waals surface area contributed by atoms with Crippen molar-refractivity contribution in [2.45, 2.75) is 25.5 Å². The quantitative estimate of drug-likeness (QED) is 0.398. The Hall–Kier alpha value is -2.20. The molecule has 0 aromatic carbocycles. The lowest BCUT2D eigenvalue weighted by atomic mass is 9.86. The van der Waals surface area contributed by atoms with Crippen LogP contribution in [0.15, 0.2) is 24.0 Å². The molecular formula is C13H16N2O5. The fraction of sp³-hybridized carbons (Fsp3) is 0.538. The lowest BCUT2D eigenvalue weighted by molar-refractivity contribution is -0.619. The Morgan fingerprint density at radius 2 is 2.35 bits per heavy atom. The van der Waals surface area contributed by atoms with Crippen molar-refractivity contribution in [3.63, 3.8) is 0 Å². The minimum Gasteiger partial charge on any atom is -0.497 e. The second-order valence-corrected chi connectivity index (χ2v) is 4.24. The highest BCUT2D eigenvalue weighted by Gasteiger charge is 2.54. The molecule has 0 radical (unpaired) electrons. The second kappa shape index (κ2) is 6.82. The maximum atomic E-state index is 12.0. The Kier molecular flexibility index (Phi) is 5.41. The summed E-state index contributed by atoms with van der Waals surface area (Å²) in [7, 11) is 1.40. The van der Waals surface area contributed by atoms with E-state index in [0.717, 1.165) is 0 Å². The number of carbonyl (C=O) groups excluding carboxylic acids is 1. The van der Waals surface area contributed by atoms with E-state index in [1.807, 2.05) is 6.92 Å². The molecule has 7 nitrogen and oxygen atoms in total. The van der Waals surface area contributed by atoms with Gasteiger partial charge in [-0.2, -0.15) is 5.26 Å². The van der Waals surface area contributed by atoms with Gasteiger partial charge in [-0.3, -0.25) is 14.9 Å². The SMILES string of the molecule is CCCOC1([N+](=O)[O-])C=CC(OC)=CC1C(=O)CC#N. The highest BCUT2D eigenvalue weighted by Crippen LogP contribution is 2.33. The number of methoxy groups -OCH3 is 1. The summed E-state index contributed by atoms with van der Waals surface area (Å²) in [6, 6.07) is 1.71. The number of hydrogen-bond acceptors (Lipinski definition) is 6. The Bertz CT molecular complexity index is 491. The monoisotopic (exact) mass is 280 g/mol. The van der Waals surface area contributed by atoms with E-state index in [1.165, 1.54) is 25.3 Å². The minimum atomic E-state index is -1.97. The molecule has 0 aromatic rings. The van der Waals surface area contributed by atoms with Crippen LogP contribution in [0.4, 0.5) is 0 Å². The number of nitro groups is 1. The van der Waals surface area contributed by atoms with Crippen molar-refractivity contribution in [3.05, 3.63) is 34.1 Å². The van der Waals surface area contributed by atoms with Crippen LogP contribution in [0, 0.1) is 27.4 Å². The van der Waals surface area contributed by atoms with Crippen molar-refractivity contribution in [1.29, 1.82) is 5.26 Å². The average Bonchev–Trinajstić information content (AvgIpc) is 2.44. The third kappa shape index (κ3) is 3.03. The number of carbonyl (C=O) groups is 1. The van der Waals surface area contributed by atoms with E-state index in [0.29, 0.717) is 12.2 Å². The number of ether oxygens (including phenoxy) is 2. The molecule has 0 amide bonds. The van der Waals surface area contributed by atoms with Crippen molar-refractivity contribution >= 4 is 5.78 Å². The van der Waals surface area contributed by atoms with E-state index in [2.05, 4.69) is 0 Å². The van der Waals surface area contributed by atoms with E-state index in [4.69, 9.17) is 14.7 Å². The van der Waals surface area contributed by atoms with E-state index >= 15 is 0 Å². The van der Waals surface area contributed by atoms with Gasteiger partial charge in [-0.15, -0.1) is 0 Å². The molecule has 0 fully saturated rings. The lowest BCUT2D eigenvalue weighted by Gasteiger charge is -2.29. The van der Waals surface area contributed by atoms with Crippen LogP contribution in [-0.4, -0.2) is 30.1 Å². The fourth-order valence-electron chi connectivity index (χ4n) is 1.92. The van der Waals surface area contributed by atoms with Crippen LogP contribution in [0.1, 0.15) is 19.8 Å². The number of nitrogens with zero attached hydrogens (tertiary/aromatic N) is 2. The van der Waals surface area contributed by atoms with E-state index < -0.39 is 28.8 Å². The van der Waals surface area contributed by atoms with Gasteiger partial charge < -0.3 is 9.47 Å². The van der Waals surface area contributed by atoms with Gasteiger partial charge in [0, 0.05) is 6.08 Å². The number of nitriles is 1. The van der Waals surface area contributed by atoms with Gasteiger partial charge in [0.15, 0.2) is 5.78 Å². The Labute approximate surface area is 116 Å². The van der Waals surface area contributed by atoms with Crippen LogP contribution in [0.2, 0.25) is 0 Å². The predicted molar refractivity (Wildman–Crippen MR) is 68.9 cm³/mol. The number of ketones is 1. The van der Waals surface area contributed by atoms with E-state index in [9.17, 15) is 14.9 Å². The first-order valence-corrected chi connectivity index (χ1v) is 6.15. The molecule has 0 N–H and O–H groups in total. The summed E-state index contributed by atoms with van der Waals surface area (Å²) in [4.78, 5) is 22.8. The largest absolute Gasteiger partial charge is 0.497 e. The van der Waals surface area contributed by atoms with Crippen molar-refractivity contribution in [1.82, 2.24) is 0 Å². The number of Topliss-reactive ketones (excluding diaryl/α,β-unsaturated/α-hetero) is 1. The van der Waals surface area contributed by atoms with Crippen LogP contribution in [0.3, 0.4) is 0 Å². The first-order valence-electron chi connectivity index (χ1n) is 6.15. The number of rotatable bonds is 7. The van der Waals surface area contributed by atoms with Crippen LogP contribution in [0.25, 0.3) is 0 Å². The zero-order valence-corrected chi connectivity index (χ0v) is 11.4. The van der Waals surface area contributed by atoms with Gasteiger partial charge in [0.05, 0.1) is 31.1 Å². The third-order valence-corrected chi connectivity index (χ3v) is 2.92. The van der Waals surface area contributed by atoms with Gasteiger partial charge in [0.2, 0.25) is 0 Å². The van der Waals surface area contributed by atoms with E-state index in [1.54, 1.807) is 6.07 Å². The van der Waals surface area contributed by atoms with Crippen molar-refractivity contribution < 1.29 is 19.2 Å². The maximum Gasteiger partial charge on any atom is 0.358 e. The first-order chi connectivity index (χ1) is 9.51. The molecule has 1 rings (SSSR count). The van der Waals surface area contributed by atoms with Crippen molar-refractivity contribution in [2.75, 3.05) is 13.7 Å². The molecule has 0 aromatic heterocycles. The average molecular weight is 280 g/mol. The molecule has 0 saturated heterocycles. The van der Waals surface area contributed by atoms with Crippen LogP contribution in [-0.2, 0) is 14.3 Å². The standard InChI is InChI=1S/C13H16N2O5/c1-3-8-20-13(15(17)18)6-4-10(19-2)9-11(13)12(16)5-7-14/h4,6,9,11H,3,5,8H2,1-2H3. The summed E-state index contributed by atoms with van der Waals surface area (Å²) in [5.74, 6) is -1.42. The topological polar surface area (TPSA) is 102 Å². The van der Waals surface area contributed by atoms with Crippen molar-refractivity contribution in [3.8, 4) is 6.07 Å². The molecular weight excluding hydrogens is 264 g/mol. The Balaban J connectivity index is 3.21. The number of hydrogen-bond donors (Lipinski definition) is 0. The normalized spacial score (nSPS) is 24.6. The summed E-state index contributed by atoms with van der Waals surface area (Å²) >= 11 is 0. The highest BCUT2D eigenvalue weighted by molar-refractivity contribution is 5.86. The Morgan fingerprint density at radius 3 is 2.85 bits per heavy atom. The van der Waals surface area contributed by atoms with Gasteiger partial charge in [-0.25, -0.2) is 0 Å². The van der Waals surface area contributed by atoms with Gasteiger partial charge in [0.25, 0.3) is 0 Å². The van der Waals surface area contributed by atoms with Gasteiger partial charge in [-0.05, 0) is 18.6 Å². The summed E-state index contributed by atoms with van der Waals surface area (Å²) in [6.45, 7) is 1.94. The summed E-state index contributed by atoms with van der Waals surface area (Å²) < 4.78 is 10.3. The van der Waals surface area contributed by atoms with Gasteiger partial charge >= 0.3 is 5.72 Å². The maximum absolute atomic E-state index is 12.0. The Morgan fingerprint density at radius 1 is 1.65 bits per heavy atom. The molecule has 2 unspecified atom stereocenters. The molecule has 0 saturated carbocycles. The summed E-state index contributed by atoms with van der Waals surface area (Å²) in [5.41, 5.74) is -1.97. The second-order valence-electron chi connectivity index (χ2n) is 4.24. The molecule has 2 atom stereocenters. The zero-order chi connectivity index (χ0) is 15.2. The molecule has 0 heterocycles. The highest BCUT2D eigenvalue weighted by atomic mass is 16.7. The molecule has 108 valence electrons. The lowest BCUT2D eigenvalue weighted by Crippen LogP contribution is -2.50. The zero-order valence-electron chi connectivity index (χ0n) is 11.4. The molecule has 7 heteroatoms. The molecule has 0 aliphatic heterocycles. The van der Waals surface area contributed by atoms with Crippen LogP contribution in [0.5, 0.6) is 0 Å². The predicted octanol–water partition coefficient (Wildman–Crippen LogP) is 1.59. The van der Waals surface area contributed by atoms with Gasteiger partial charge in [-0.1, -0.05) is 6.92 Å². The van der Waals surface area contributed by atoms with Crippen molar-refractivity contribution in [2.24, 2.45) is 5.92 Å². The smallest absolute Gasteiger partial charge is 0.358 e. The molecule has 0 bridgehead atoms. The molecule has 0 spiro atoms. The van der Waals surface area contributed by atoms with Crippen LogP contribution >= 0.6 is 0 Å². The minimum absolute atomic E-state index is 0.137. The molecule has 1 aliphatic carbocycles. The molecule has 1 aliphatic rings. The van der Waals surface area contributed by atoms with E-state index in [-0.39, 0.29) is 6.61 Å². The summed E-state index contributed by atoms with van der Waals surface area (Å²) in [6.07, 6.45) is 4.09. The molecule has 20 heavy (non-hydrogen) atoms. The first kappa shape index (κ1) is 15.9.